The molecule has 0 heterocycles. The van der Waals surface area contributed by atoms with E-state index in [1.165, 1.54) is 6.92 Å². The van der Waals surface area contributed by atoms with Crippen LogP contribution in [0.5, 0.6) is 17.2 Å². The summed E-state index contributed by atoms with van der Waals surface area (Å²) in [5.41, 5.74) is 0. The minimum Gasteiger partial charge on any atom is -0.452 e. The molecule has 2 rings (SSSR count). The van der Waals surface area contributed by atoms with Crippen molar-refractivity contribution >= 4 is 73.7 Å². The maximum atomic E-state index is 11.2. The van der Waals surface area contributed by atoms with Crippen LogP contribution in [-0.4, -0.2) is 5.97 Å². The summed E-state index contributed by atoms with van der Waals surface area (Å²) in [4.78, 5) is 11.2. The third kappa shape index (κ3) is 4.45. The summed E-state index contributed by atoms with van der Waals surface area (Å²) in [5.74, 6) is 1.34. The summed E-state index contributed by atoms with van der Waals surface area (Å²) in [5, 5.41) is 0. The van der Waals surface area contributed by atoms with Gasteiger partial charge in [0.2, 0.25) is 0 Å². The van der Waals surface area contributed by atoms with Crippen molar-refractivity contribution in [1.29, 1.82) is 0 Å². The summed E-state index contributed by atoms with van der Waals surface area (Å²) >= 11 is 6.57. The number of rotatable bonds is 3. The number of carbonyl (C=O) groups excluding carboxylic acids is 1. The van der Waals surface area contributed by atoms with Gasteiger partial charge in [-0.25, -0.2) is 0 Å². The van der Waals surface area contributed by atoms with Gasteiger partial charge in [-0.15, -0.1) is 0 Å². The fourth-order valence-electron chi connectivity index (χ4n) is 1.51. The van der Waals surface area contributed by atoms with Crippen molar-refractivity contribution in [2.24, 2.45) is 0 Å². The standard InChI is InChI=1S/C14H9I3O3/c1-8(18)19-13-7-10(16)6-12(17)14(13)20-11-4-2-3-9(15)5-11/h2-7H,1H3. The topological polar surface area (TPSA) is 35.5 Å². The van der Waals surface area contributed by atoms with Crippen LogP contribution in [0.2, 0.25) is 0 Å². The minimum absolute atomic E-state index is 0.365. The number of hydrogen-bond acceptors (Lipinski definition) is 3. The van der Waals surface area contributed by atoms with E-state index in [0.29, 0.717) is 17.2 Å². The Morgan fingerprint density at radius 2 is 1.80 bits per heavy atom. The van der Waals surface area contributed by atoms with E-state index in [2.05, 4.69) is 67.8 Å². The Labute approximate surface area is 157 Å². The Bertz CT molecular complexity index is 656. The lowest BCUT2D eigenvalue weighted by molar-refractivity contribution is -0.132. The molecule has 0 radical (unpaired) electrons. The first-order valence-corrected chi connectivity index (χ1v) is 8.80. The van der Waals surface area contributed by atoms with E-state index in [1.807, 2.05) is 30.3 Å². The molecule has 0 aliphatic rings. The van der Waals surface area contributed by atoms with E-state index in [-0.39, 0.29) is 5.97 Å². The van der Waals surface area contributed by atoms with E-state index < -0.39 is 0 Å². The monoisotopic (exact) mass is 606 g/mol. The molecule has 0 bridgehead atoms. The Morgan fingerprint density at radius 3 is 2.45 bits per heavy atom. The molecule has 6 heteroatoms. The predicted molar refractivity (Wildman–Crippen MR) is 102 cm³/mol. The average molecular weight is 606 g/mol. The first kappa shape index (κ1) is 16.3. The van der Waals surface area contributed by atoms with Crippen molar-refractivity contribution in [3.63, 3.8) is 0 Å². The summed E-state index contributed by atoms with van der Waals surface area (Å²) in [7, 11) is 0. The highest BCUT2D eigenvalue weighted by Crippen LogP contribution is 2.38. The van der Waals surface area contributed by atoms with Crippen LogP contribution >= 0.6 is 67.8 Å². The first-order valence-electron chi connectivity index (χ1n) is 5.56. The number of benzene rings is 2. The molecule has 0 fully saturated rings. The number of halogens is 3. The van der Waals surface area contributed by atoms with Gasteiger partial charge in [-0.1, -0.05) is 6.07 Å². The third-order valence-corrected chi connectivity index (χ3v) is 4.34. The molecule has 104 valence electrons. The van der Waals surface area contributed by atoms with Crippen LogP contribution < -0.4 is 9.47 Å². The highest BCUT2D eigenvalue weighted by atomic mass is 127. The van der Waals surface area contributed by atoms with Crippen LogP contribution in [-0.2, 0) is 4.79 Å². The van der Waals surface area contributed by atoms with Crippen LogP contribution in [0.15, 0.2) is 36.4 Å². The van der Waals surface area contributed by atoms with Crippen molar-refractivity contribution < 1.29 is 14.3 Å². The Morgan fingerprint density at radius 1 is 1.05 bits per heavy atom. The van der Waals surface area contributed by atoms with Crippen LogP contribution in [0.4, 0.5) is 0 Å². The molecule has 0 saturated heterocycles. The molecule has 2 aromatic carbocycles. The lowest BCUT2D eigenvalue weighted by Gasteiger charge is -2.13. The van der Waals surface area contributed by atoms with Gasteiger partial charge in [0.25, 0.3) is 0 Å². The second-order valence-electron chi connectivity index (χ2n) is 3.87. The molecule has 0 amide bonds. The number of carbonyl (C=O) groups is 1. The van der Waals surface area contributed by atoms with Gasteiger partial charge in [0.1, 0.15) is 5.75 Å². The van der Waals surface area contributed by atoms with Crippen LogP contribution in [0, 0.1) is 10.7 Å². The van der Waals surface area contributed by atoms with E-state index in [0.717, 1.165) is 10.7 Å². The lowest BCUT2D eigenvalue weighted by atomic mass is 10.3. The zero-order valence-electron chi connectivity index (χ0n) is 10.3. The molecule has 0 aromatic heterocycles. The molecule has 0 atom stereocenters. The highest BCUT2D eigenvalue weighted by Gasteiger charge is 2.14. The Balaban J connectivity index is 2.41. The summed E-state index contributed by atoms with van der Waals surface area (Å²) in [6, 6.07) is 11.5. The van der Waals surface area contributed by atoms with Crippen LogP contribution in [0.3, 0.4) is 0 Å². The second kappa shape index (κ2) is 7.25. The molecule has 0 aliphatic heterocycles. The fourth-order valence-corrected chi connectivity index (χ4v) is 3.93. The SMILES string of the molecule is CC(=O)Oc1cc(I)cc(I)c1Oc1cccc(I)c1. The van der Waals surface area contributed by atoms with Gasteiger partial charge in [-0.3, -0.25) is 4.79 Å². The van der Waals surface area contributed by atoms with E-state index in [9.17, 15) is 4.79 Å². The maximum Gasteiger partial charge on any atom is 0.308 e. The maximum absolute atomic E-state index is 11.2. The number of esters is 1. The van der Waals surface area contributed by atoms with Gasteiger partial charge < -0.3 is 9.47 Å². The number of hydrogen-bond donors (Lipinski definition) is 0. The number of ether oxygens (including phenoxy) is 2. The molecular formula is C14H9I3O3. The zero-order chi connectivity index (χ0) is 14.7. The van der Waals surface area contributed by atoms with E-state index in [1.54, 1.807) is 6.07 Å². The molecule has 0 aliphatic carbocycles. The fraction of sp³-hybridized carbons (Fsp3) is 0.0714. The van der Waals surface area contributed by atoms with Gasteiger partial charge in [0.15, 0.2) is 11.5 Å². The lowest BCUT2D eigenvalue weighted by Crippen LogP contribution is -2.04. The summed E-state index contributed by atoms with van der Waals surface area (Å²) in [6.45, 7) is 1.38. The van der Waals surface area contributed by atoms with Crippen molar-refractivity contribution in [2.45, 2.75) is 6.92 Å². The third-order valence-electron chi connectivity index (χ3n) is 2.24. The smallest absolute Gasteiger partial charge is 0.308 e. The van der Waals surface area contributed by atoms with Gasteiger partial charge in [-0.2, -0.15) is 0 Å². The molecule has 3 nitrogen and oxygen atoms in total. The van der Waals surface area contributed by atoms with E-state index >= 15 is 0 Å². The van der Waals surface area contributed by atoms with Crippen molar-refractivity contribution in [3.8, 4) is 17.2 Å². The quantitative estimate of drug-likeness (QED) is 0.274. The summed E-state index contributed by atoms with van der Waals surface area (Å²) < 4.78 is 14.1. The van der Waals surface area contributed by atoms with Crippen molar-refractivity contribution in [3.05, 3.63) is 47.1 Å². The second-order valence-corrected chi connectivity index (χ2v) is 7.52. The average Bonchev–Trinajstić information content (AvgIpc) is 2.33. The molecule has 0 unspecified atom stereocenters. The van der Waals surface area contributed by atoms with Crippen LogP contribution in [0.25, 0.3) is 0 Å². The first-order chi connectivity index (χ1) is 9.45. The normalized spacial score (nSPS) is 10.2. The van der Waals surface area contributed by atoms with Crippen LogP contribution in [0.1, 0.15) is 6.92 Å². The Hall–Kier alpha value is -0.100. The molecule has 2 aromatic rings. The summed E-state index contributed by atoms with van der Waals surface area (Å²) in [6.07, 6.45) is 0. The molecule has 0 N–H and O–H groups in total. The largest absolute Gasteiger partial charge is 0.452 e. The van der Waals surface area contributed by atoms with Crippen molar-refractivity contribution in [1.82, 2.24) is 0 Å². The van der Waals surface area contributed by atoms with Gasteiger partial charge in [0, 0.05) is 14.1 Å². The molecule has 0 spiro atoms. The molecule has 0 saturated carbocycles. The van der Waals surface area contributed by atoms with Crippen molar-refractivity contribution in [2.75, 3.05) is 0 Å². The van der Waals surface area contributed by atoms with Gasteiger partial charge in [0.05, 0.1) is 3.57 Å². The van der Waals surface area contributed by atoms with Gasteiger partial charge >= 0.3 is 5.97 Å². The predicted octanol–water partition coefficient (Wildman–Crippen LogP) is 5.22. The Kier molecular flexibility index (Phi) is 5.90. The minimum atomic E-state index is -0.365. The molecular weight excluding hydrogens is 597 g/mol. The highest BCUT2D eigenvalue weighted by molar-refractivity contribution is 14.1. The zero-order valence-corrected chi connectivity index (χ0v) is 16.8. The molecule has 20 heavy (non-hydrogen) atoms. The van der Waals surface area contributed by atoms with E-state index in [4.69, 9.17) is 9.47 Å². The van der Waals surface area contributed by atoms with Gasteiger partial charge in [-0.05, 0) is 98.1 Å².